The summed E-state index contributed by atoms with van der Waals surface area (Å²) in [7, 11) is 0. The Kier molecular flexibility index (Phi) is 6.57. The van der Waals surface area contributed by atoms with Gasteiger partial charge in [-0.05, 0) is 50.1 Å². The molecule has 19 heavy (non-hydrogen) atoms. The lowest BCUT2D eigenvalue weighted by Gasteiger charge is -2.24. The Bertz CT molecular complexity index is 345. The summed E-state index contributed by atoms with van der Waals surface area (Å²) in [5, 5.41) is 3.64. The third-order valence-corrected chi connectivity index (χ3v) is 3.64. The fraction of sp³-hybridized carbons (Fsp3) is 0.667. The van der Waals surface area contributed by atoms with Gasteiger partial charge in [0.05, 0.1) is 0 Å². The highest BCUT2D eigenvalue weighted by molar-refractivity contribution is 5.21. The van der Waals surface area contributed by atoms with Crippen molar-refractivity contribution in [1.82, 2.24) is 5.32 Å². The molecule has 1 N–H and O–H groups in total. The average molecular weight is 261 g/mol. The third kappa shape index (κ3) is 7.37. The van der Waals surface area contributed by atoms with Gasteiger partial charge in [-0.25, -0.2) is 0 Å². The van der Waals surface area contributed by atoms with E-state index in [1.54, 1.807) is 0 Å². The number of nitrogens with one attached hydrogen (secondary N) is 1. The van der Waals surface area contributed by atoms with Crippen LogP contribution in [0.4, 0.5) is 0 Å². The van der Waals surface area contributed by atoms with Crippen molar-refractivity contribution in [2.75, 3.05) is 6.54 Å². The van der Waals surface area contributed by atoms with Gasteiger partial charge in [-0.3, -0.25) is 0 Å². The van der Waals surface area contributed by atoms with Crippen LogP contribution < -0.4 is 5.32 Å². The quantitative estimate of drug-likeness (QED) is 0.748. The first kappa shape index (κ1) is 16.2. The minimum absolute atomic E-state index is 0.442. The van der Waals surface area contributed by atoms with Crippen LogP contribution in [0, 0.1) is 12.3 Å². The zero-order valence-corrected chi connectivity index (χ0v) is 13.4. The van der Waals surface area contributed by atoms with Crippen molar-refractivity contribution in [3.05, 3.63) is 35.4 Å². The first-order chi connectivity index (χ1) is 8.90. The molecule has 0 saturated carbocycles. The molecule has 0 aromatic heterocycles. The van der Waals surface area contributed by atoms with Gasteiger partial charge in [-0.1, -0.05) is 57.5 Å². The predicted octanol–water partition coefficient (Wildman–Crippen LogP) is 4.73. The molecule has 1 heteroatoms. The van der Waals surface area contributed by atoms with Crippen LogP contribution in [0.5, 0.6) is 0 Å². The Morgan fingerprint density at radius 2 is 1.68 bits per heavy atom. The molecular weight excluding hydrogens is 230 g/mol. The second-order valence-electron chi connectivity index (χ2n) is 6.88. The highest BCUT2D eigenvalue weighted by Crippen LogP contribution is 2.22. The monoisotopic (exact) mass is 261 g/mol. The summed E-state index contributed by atoms with van der Waals surface area (Å²) in [6.45, 7) is 12.4. The van der Waals surface area contributed by atoms with E-state index < -0.39 is 0 Å². The molecule has 0 bridgehead atoms. The summed E-state index contributed by atoms with van der Waals surface area (Å²) < 4.78 is 0. The van der Waals surface area contributed by atoms with Crippen molar-refractivity contribution >= 4 is 0 Å². The molecule has 0 radical (unpaired) electrons. The SMILES string of the molecule is CCNC(CCc1ccc(C)cc1)CCC(C)(C)C. The average Bonchev–Trinajstić information content (AvgIpc) is 2.34. The molecule has 0 amide bonds. The molecule has 0 aliphatic carbocycles. The zero-order valence-electron chi connectivity index (χ0n) is 13.4. The molecule has 1 unspecified atom stereocenters. The van der Waals surface area contributed by atoms with Crippen molar-refractivity contribution in [3.63, 3.8) is 0 Å². The fourth-order valence-corrected chi connectivity index (χ4v) is 2.34. The van der Waals surface area contributed by atoms with Gasteiger partial charge >= 0.3 is 0 Å². The minimum Gasteiger partial charge on any atom is -0.314 e. The molecule has 0 saturated heterocycles. The Hall–Kier alpha value is -0.820. The molecule has 1 aromatic rings. The van der Waals surface area contributed by atoms with Gasteiger partial charge in [0.15, 0.2) is 0 Å². The van der Waals surface area contributed by atoms with Crippen molar-refractivity contribution in [1.29, 1.82) is 0 Å². The second kappa shape index (κ2) is 7.69. The van der Waals surface area contributed by atoms with E-state index in [9.17, 15) is 0 Å². The number of hydrogen-bond donors (Lipinski definition) is 1. The van der Waals surface area contributed by atoms with Gasteiger partial charge in [0.2, 0.25) is 0 Å². The van der Waals surface area contributed by atoms with Crippen LogP contribution in [-0.2, 0) is 6.42 Å². The maximum Gasteiger partial charge on any atom is 0.00703 e. The maximum absolute atomic E-state index is 3.64. The third-order valence-electron chi connectivity index (χ3n) is 3.64. The molecule has 0 spiro atoms. The summed E-state index contributed by atoms with van der Waals surface area (Å²) in [5.41, 5.74) is 3.25. The van der Waals surface area contributed by atoms with Gasteiger partial charge in [-0.2, -0.15) is 0 Å². The predicted molar refractivity (Wildman–Crippen MR) is 85.7 cm³/mol. The van der Waals surface area contributed by atoms with Gasteiger partial charge < -0.3 is 5.32 Å². The van der Waals surface area contributed by atoms with Crippen LogP contribution in [0.2, 0.25) is 0 Å². The van der Waals surface area contributed by atoms with Gasteiger partial charge in [0.1, 0.15) is 0 Å². The van der Waals surface area contributed by atoms with Crippen LogP contribution >= 0.6 is 0 Å². The maximum atomic E-state index is 3.64. The summed E-state index contributed by atoms with van der Waals surface area (Å²) in [4.78, 5) is 0. The molecule has 0 fully saturated rings. The van der Waals surface area contributed by atoms with Crippen molar-refractivity contribution < 1.29 is 0 Å². The normalized spacial score (nSPS) is 13.5. The summed E-state index contributed by atoms with van der Waals surface area (Å²) in [6, 6.07) is 9.62. The van der Waals surface area contributed by atoms with E-state index in [0.717, 1.165) is 6.54 Å². The van der Waals surface area contributed by atoms with Crippen LogP contribution in [0.3, 0.4) is 0 Å². The van der Waals surface area contributed by atoms with E-state index in [4.69, 9.17) is 0 Å². The molecule has 1 rings (SSSR count). The van der Waals surface area contributed by atoms with Gasteiger partial charge in [0.25, 0.3) is 0 Å². The van der Waals surface area contributed by atoms with E-state index in [2.05, 4.69) is 64.2 Å². The molecule has 0 aliphatic heterocycles. The lowest BCUT2D eigenvalue weighted by Crippen LogP contribution is -2.30. The lowest BCUT2D eigenvalue weighted by molar-refractivity contribution is 0.324. The second-order valence-corrected chi connectivity index (χ2v) is 6.88. The Morgan fingerprint density at radius 3 is 2.21 bits per heavy atom. The number of hydrogen-bond acceptors (Lipinski definition) is 1. The van der Waals surface area contributed by atoms with Gasteiger partial charge in [-0.15, -0.1) is 0 Å². The van der Waals surface area contributed by atoms with Crippen molar-refractivity contribution in [2.24, 2.45) is 5.41 Å². The lowest BCUT2D eigenvalue weighted by atomic mass is 9.87. The van der Waals surface area contributed by atoms with Crippen LogP contribution in [0.1, 0.15) is 58.1 Å². The Balaban J connectivity index is 2.42. The van der Waals surface area contributed by atoms with Crippen LogP contribution in [0.25, 0.3) is 0 Å². The summed E-state index contributed by atoms with van der Waals surface area (Å²) in [5.74, 6) is 0. The first-order valence-corrected chi connectivity index (χ1v) is 7.69. The fourth-order valence-electron chi connectivity index (χ4n) is 2.34. The molecule has 108 valence electrons. The number of benzene rings is 1. The highest BCUT2D eigenvalue weighted by Gasteiger charge is 2.14. The Labute approximate surface area is 119 Å². The highest BCUT2D eigenvalue weighted by atomic mass is 14.9. The van der Waals surface area contributed by atoms with Gasteiger partial charge in [0, 0.05) is 6.04 Å². The first-order valence-electron chi connectivity index (χ1n) is 7.69. The molecule has 1 atom stereocenters. The summed E-state index contributed by atoms with van der Waals surface area (Å²) in [6.07, 6.45) is 5.00. The largest absolute Gasteiger partial charge is 0.314 e. The minimum atomic E-state index is 0.442. The standard InChI is InChI=1S/C18H31N/c1-6-19-17(13-14-18(3,4)5)12-11-16-9-7-15(2)8-10-16/h7-10,17,19H,6,11-14H2,1-5H3. The molecular formula is C18H31N. The van der Waals surface area contributed by atoms with E-state index >= 15 is 0 Å². The molecule has 0 heterocycles. The topological polar surface area (TPSA) is 12.0 Å². The number of aryl methyl sites for hydroxylation is 2. The van der Waals surface area contributed by atoms with Crippen molar-refractivity contribution in [3.8, 4) is 0 Å². The van der Waals surface area contributed by atoms with Crippen LogP contribution in [0.15, 0.2) is 24.3 Å². The smallest absolute Gasteiger partial charge is 0.00703 e. The van der Waals surface area contributed by atoms with E-state index in [-0.39, 0.29) is 0 Å². The van der Waals surface area contributed by atoms with E-state index in [1.165, 1.54) is 36.8 Å². The molecule has 1 aromatic carbocycles. The molecule has 1 nitrogen and oxygen atoms in total. The van der Waals surface area contributed by atoms with E-state index in [1.807, 2.05) is 0 Å². The summed E-state index contributed by atoms with van der Waals surface area (Å²) >= 11 is 0. The van der Waals surface area contributed by atoms with E-state index in [0.29, 0.717) is 11.5 Å². The van der Waals surface area contributed by atoms with Crippen molar-refractivity contribution in [2.45, 2.75) is 66.3 Å². The molecule has 0 aliphatic rings. The number of rotatable bonds is 7. The Morgan fingerprint density at radius 1 is 1.05 bits per heavy atom. The van der Waals surface area contributed by atoms with Crippen LogP contribution in [-0.4, -0.2) is 12.6 Å². The zero-order chi connectivity index (χ0) is 14.3.